The summed E-state index contributed by atoms with van der Waals surface area (Å²) in [7, 11) is 2.19. The maximum absolute atomic E-state index is 13.4. The molecule has 0 spiro atoms. The molecule has 2 fully saturated rings. The van der Waals surface area contributed by atoms with E-state index in [0.29, 0.717) is 10.5 Å². The van der Waals surface area contributed by atoms with Gasteiger partial charge in [0.25, 0.3) is 0 Å². The number of methoxy groups -OCH3 is 2. The molecule has 2 saturated heterocycles. The van der Waals surface area contributed by atoms with Crippen LogP contribution in [0.15, 0.2) is 30.3 Å². The van der Waals surface area contributed by atoms with Crippen LogP contribution in [0.3, 0.4) is 0 Å². The van der Waals surface area contributed by atoms with Gasteiger partial charge in [0.05, 0.1) is 14.2 Å². The van der Waals surface area contributed by atoms with Gasteiger partial charge in [-0.15, -0.1) is 0 Å². The van der Waals surface area contributed by atoms with Crippen molar-refractivity contribution >= 4 is 30.0 Å². The summed E-state index contributed by atoms with van der Waals surface area (Å²) >= 11 is 0. The van der Waals surface area contributed by atoms with Crippen LogP contribution in [-0.4, -0.2) is 83.1 Å². The fourth-order valence-electron chi connectivity index (χ4n) is 4.80. The number of hydrogen-bond acceptors (Lipinski definition) is 10. The molecule has 3 amide bonds. The molecule has 12 heteroatoms. The lowest BCUT2D eigenvalue weighted by Gasteiger charge is -2.40. The molecule has 2 aliphatic heterocycles. The van der Waals surface area contributed by atoms with Crippen molar-refractivity contribution in [2.75, 3.05) is 14.2 Å². The highest BCUT2D eigenvalue weighted by Crippen LogP contribution is 2.46. The number of rotatable bonds is 5. The third-order valence-electron chi connectivity index (χ3n) is 6.36. The Labute approximate surface area is 221 Å². The molecule has 0 radical (unpaired) electrons. The molecule has 0 N–H and O–H groups in total. The number of carbonyl (C=O) groups excluding carboxylic acids is 5. The minimum Gasteiger partial charge on any atom is -0.467 e. The molecule has 12 nitrogen and oxygen atoms in total. The molecule has 1 aromatic carbocycles. The summed E-state index contributed by atoms with van der Waals surface area (Å²) in [6, 6.07) is 7.31. The first kappa shape index (κ1) is 28.9. The Morgan fingerprint density at radius 1 is 1.03 bits per heavy atom. The van der Waals surface area contributed by atoms with E-state index >= 15 is 0 Å². The highest BCUT2D eigenvalue weighted by molar-refractivity contribution is 6.03. The smallest absolute Gasteiger partial charge is 0.418 e. The van der Waals surface area contributed by atoms with Crippen LogP contribution in [0.25, 0.3) is 0 Å². The van der Waals surface area contributed by atoms with E-state index in [9.17, 15) is 24.0 Å². The second-order valence-corrected chi connectivity index (χ2v) is 10.5. The Kier molecular flexibility index (Phi) is 8.06. The number of imide groups is 1. The second-order valence-electron chi connectivity index (χ2n) is 10.5. The Morgan fingerprint density at radius 3 is 2.21 bits per heavy atom. The van der Waals surface area contributed by atoms with Crippen molar-refractivity contribution in [3.8, 4) is 0 Å². The van der Waals surface area contributed by atoms with Crippen molar-refractivity contribution < 1.29 is 47.7 Å². The number of nitrogens with zero attached hydrogens (tertiary/aromatic N) is 2. The zero-order chi connectivity index (χ0) is 28.5. The first-order valence-electron chi connectivity index (χ1n) is 12.1. The van der Waals surface area contributed by atoms with Gasteiger partial charge < -0.3 is 23.7 Å². The number of carbonyl (C=O) groups is 5. The fraction of sp³-hybridized carbons (Fsp3) is 0.577. The molecule has 2 heterocycles. The number of hydrogen-bond donors (Lipinski definition) is 0. The molecule has 0 aliphatic carbocycles. The predicted octanol–water partition coefficient (Wildman–Crippen LogP) is 2.77. The van der Waals surface area contributed by atoms with Gasteiger partial charge in [0.1, 0.15) is 24.0 Å². The summed E-state index contributed by atoms with van der Waals surface area (Å²) in [6.07, 6.45) is -4.06. The second kappa shape index (κ2) is 10.6. The Balaban J connectivity index is 2.08. The third-order valence-corrected chi connectivity index (χ3v) is 6.36. The zero-order valence-corrected chi connectivity index (χ0v) is 22.6. The van der Waals surface area contributed by atoms with E-state index in [1.165, 1.54) is 13.8 Å². The Bertz CT molecular complexity index is 1100. The van der Waals surface area contributed by atoms with Crippen LogP contribution < -0.4 is 0 Å². The molecular weight excluding hydrogens is 500 g/mol. The van der Waals surface area contributed by atoms with Gasteiger partial charge in [-0.05, 0) is 46.6 Å². The predicted molar refractivity (Wildman–Crippen MR) is 130 cm³/mol. The van der Waals surface area contributed by atoms with Crippen molar-refractivity contribution in [3.05, 3.63) is 35.9 Å². The minimum atomic E-state index is -2.13. The number of likely N-dealkylation sites (tertiary alicyclic amines) is 1. The van der Waals surface area contributed by atoms with Crippen molar-refractivity contribution in [2.45, 2.75) is 83.1 Å². The van der Waals surface area contributed by atoms with E-state index in [4.69, 9.17) is 23.7 Å². The van der Waals surface area contributed by atoms with Gasteiger partial charge in [-0.3, -0.25) is 9.69 Å². The molecule has 0 unspecified atom stereocenters. The lowest BCUT2D eigenvalue weighted by Crippen LogP contribution is -2.66. The van der Waals surface area contributed by atoms with Crippen molar-refractivity contribution in [3.63, 3.8) is 0 Å². The van der Waals surface area contributed by atoms with Crippen LogP contribution in [-0.2, 0) is 44.7 Å². The van der Waals surface area contributed by atoms with Crippen molar-refractivity contribution in [1.82, 2.24) is 9.80 Å². The largest absolute Gasteiger partial charge is 0.467 e. The molecule has 1 aromatic rings. The molecule has 3 atom stereocenters. The van der Waals surface area contributed by atoms with E-state index < -0.39 is 59.0 Å². The average Bonchev–Trinajstić information content (AvgIpc) is 3.35. The van der Waals surface area contributed by atoms with E-state index in [-0.39, 0.29) is 19.4 Å². The molecule has 38 heavy (non-hydrogen) atoms. The minimum absolute atomic E-state index is 0.102. The maximum Gasteiger partial charge on any atom is 0.418 e. The monoisotopic (exact) mass is 534 g/mol. The molecule has 2 aliphatic rings. The average molecular weight is 535 g/mol. The lowest BCUT2D eigenvalue weighted by molar-refractivity contribution is -0.172. The van der Waals surface area contributed by atoms with Gasteiger partial charge in [0.2, 0.25) is 5.91 Å². The third kappa shape index (κ3) is 5.31. The topological polar surface area (TPSA) is 138 Å². The summed E-state index contributed by atoms with van der Waals surface area (Å²) in [5.74, 6) is -2.67. The highest BCUT2D eigenvalue weighted by atomic mass is 16.6. The van der Waals surface area contributed by atoms with Crippen LogP contribution in [0.5, 0.6) is 0 Å². The Morgan fingerprint density at radius 2 is 1.66 bits per heavy atom. The number of benzene rings is 1. The van der Waals surface area contributed by atoms with Crippen LogP contribution in [0, 0.1) is 0 Å². The first-order chi connectivity index (χ1) is 17.7. The summed E-state index contributed by atoms with van der Waals surface area (Å²) in [4.78, 5) is 67.9. The van der Waals surface area contributed by atoms with Crippen LogP contribution in [0.4, 0.5) is 9.59 Å². The standard InChI is InChI=1S/C26H34N2O10/c1-24(2,3)38-23(33)27-17(29)13-14-26(27,21(31)35-7)19-18(20(30)34-6)28(25(4,5)37-19)22(32)36-15-16-11-9-8-10-12-16/h8-12,18-19H,13-15H2,1-7H3/t18-,19+,26-/m1/s1. The maximum atomic E-state index is 13.4. The van der Waals surface area contributed by atoms with Gasteiger partial charge >= 0.3 is 24.1 Å². The quantitative estimate of drug-likeness (QED) is 0.409. The molecule has 0 aromatic heterocycles. The first-order valence-corrected chi connectivity index (χ1v) is 12.1. The Hall–Kier alpha value is -3.67. The van der Waals surface area contributed by atoms with Gasteiger partial charge in [-0.1, -0.05) is 30.3 Å². The lowest BCUT2D eigenvalue weighted by atomic mass is 9.84. The molecule has 3 rings (SSSR count). The van der Waals surface area contributed by atoms with Crippen LogP contribution in [0.2, 0.25) is 0 Å². The van der Waals surface area contributed by atoms with Gasteiger partial charge in [0.15, 0.2) is 11.6 Å². The summed E-state index contributed by atoms with van der Waals surface area (Å²) in [5.41, 5.74) is -3.96. The molecular formula is C26H34N2O10. The van der Waals surface area contributed by atoms with E-state index in [1.807, 2.05) is 6.07 Å². The summed E-state index contributed by atoms with van der Waals surface area (Å²) < 4.78 is 27.1. The van der Waals surface area contributed by atoms with E-state index in [2.05, 4.69) is 0 Å². The molecule has 0 bridgehead atoms. The SMILES string of the molecule is COC(=O)[C@H]1[C@@H]([C@@]2(C(=O)OC)CCC(=O)N2C(=O)OC(C)(C)C)OC(C)(C)N1C(=O)OCc1ccccc1. The normalized spacial score (nSPS) is 24.7. The van der Waals surface area contributed by atoms with Crippen LogP contribution >= 0.6 is 0 Å². The van der Waals surface area contributed by atoms with Gasteiger partial charge in [0, 0.05) is 6.42 Å². The summed E-state index contributed by atoms with van der Waals surface area (Å²) in [5, 5.41) is 0. The number of ether oxygens (including phenoxy) is 5. The van der Waals surface area contributed by atoms with Gasteiger partial charge in [-0.2, -0.15) is 0 Å². The van der Waals surface area contributed by atoms with Crippen molar-refractivity contribution in [2.24, 2.45) is 0 Å². The zero-order valence-electron chi connectivity index (χ0n) is 22.6. The number of amides is 3. The highest BCUT2D eigenvalue weighted by Gasteiger charge is 2.70. The van der Waals surface area contributed by atoms with E-state index in [0.717, 1.165) is 19.1 Å². The molecule has 0 saturated carbocycles. The van der Waals surface area contributed by atoms with Crippen molar-refractivity contribution in [1.29, 1.82) is 0 Å². The summed E-state index contributed by atoms with van der Waals surface area (Å²) in [6.45, 7) is 7.68. The van der Waals surface area contributed by atoms with E-state index in [1.54, 1.807) is 45.0 Å². The van der Waals surface area contributed by atoms with Gasteiger partial charge in [-0.25, -0.2) is 24.1 Å². The molecule has 208 valence electrons. The number of esters is 2. The fourth-order valence-corrected chi connectivity index (χ4v) is 4.80. The van der Waals surface area contributed by atoms with Crippen LogP contribution in [0.1, 0.15) is 53.0 Å².